The lowest BCUT2D eigenvalue weighted by atomic mass is 9.70. The molecule has 2 rings (SSSR count). The molecule has 0 aromatic heterocycles. The van der Waals surface area contributed by atoms with E-state index in [-0.39, 0.29) is 5.41 Å². The Morgan fingerprint density at radius 2 is 1.75 bits per heavy atom. The molecule has 1 aromatic rings. The van der Waals surface area contributed by atoms with Crippen molar-refractivity contribution in [2.45, 2.75) is 37.5 Å². The second kappa shape index (κ2) is 4.77. The van der Waals surface area contributed by atoms with Crippen molar-refractivity contribution < 1.29 is 4.79 Å². The molecule has 0 bridgehead atoms. The topological polar surface area (TPSA) is 17.1 Å². The van der Waals surface area contributed by atoms with Crippen LogP contribution in [0.5, 0.6) is 0 Å². The van der Waals surface area contributed by atoms with Crippen LogP contribution in [-0.4, -0.2) is 6.29 Å². The third kappa shape index (κ3) is 2.11. The largest absolute Gasteiger partial charge is 0.302 e. The number of rotatable bonds is 2. The van der Waals surface area contributed by atoms with Gasteiger partial charge in [-0.25, -0.2) is 0 Å². The van der Waals surface area contributed by atoms with E-state index in [1.165, 1.54) is 6.42 Å². The van der Waals surface area contributed by atoms with E-state index in [0.717, 1.165) is 37.5 Å². The Hall–Kier alpha value is -0.530. The summed E-state index contributed by atoms with van der Waals surface area (Å²) in [5.74, 6) is 0. The van der Waals surface area contributed by atoms with Crippen LogP contribution in [0.2, 0.25) is 10.0 Å². The molecule has 0 heterocycles. The Kier molecular flexibility index (Phi) is 3.56. The fourth-order valence-electron chi connectivity index (χ4n) is 2.46. The molecule has 86 valence electrons. The van der Waals surface area contributed by atoms with Crippen molar-refractivity contribution in [2.75, 3.05) is 0 Å². The molecular weight excluding hydrogens is 243 g/mol. The summed E-state index contributed by atoms with van der Waals surface area (Å²) in [4.78, 5) is 11.4. The highest BCUT2D eigenvalue weighted by Crippen LogP contribution is 2.39. The van der Waals surface area contributed by atoms with Gasteiger partial charge >= 0.3 is 0 Å². The van der Waals surface area contributed by atoms with Crippen LogP contribution in [0, 0.1) is 0 Å². The first-order valence-corrected chi connectivity index (χ1v) is 6.35. The maximum atomic E-state index is 11.4. The van der Waals surface area contributed by atoms with Crippen molar-refractivity contribution in [3.8, 4) is 0 Å². The predicted molar refractivity (Wildman–Crippen MR) is 67.3 cm³/mol. The molecule has 0 spiro atoms. The van der Waals surface area contributed by atoms with Crippen LogP contribution in [-0.2, 0) is 10.2 Å². The van der Waals surface area contributed by atoms with Gasteiger partial charge in [0, 0.05) is 0 Å². The van der Waals surface area contributed by atoms with Crippen molar-refractivity contribution in [1.82, 2.24) is 0 Å². The molecule has 0 amide bonds. The Morgan fingerprint density at radius 1 is 1.06 bits per heavy atom. The van der Waals surface area contributed by atoms with E-state index in [0.29, 0.717) is 10.0 Å². The summed E-state index contributed by atoms with van der Waals surface area (Å²) >= 11 is 11.9. The lowest BCUT2D eigenvalue weighted by molar-refractivity contribution is -0.113. The van der Waals surface area contributed by atoms with Crippen LogP contribution in [0.4, 0.5) is 0 Å². The molecule has 0 radical (unpaired) electrons. The first-order chi connectivity index (χ1) is 7.68. The summed E-state index contributed by atoms with van der Waals surface area (Å²) in [5, 5.41) is 1.08. The third-order valence-electron chi connectivity index (χ3n) is 3.47. The second-order valence-electron chi connectivity index (χ2n) is 4.46. The van der Waals surface area contributed by atoms with Gasteiger partial charge in [0.2, 0.25) is 0 Å². The van der Waals surface area contributed by atoms with Gasteiger partial charge in [0.05, 0.1) is 15.5 Å². The maximum Gasteiger partial charge on any atom is 0.130 e. The average Bonchev–Trinajstić information content (AvgIpc) is 2.33. The first kappa shape index (κ1) is 11.9. The molecule has 1 aromatic carbocycles. The number of carbonyl (C=O) groups is 1. The first-order valence-electron chi connectivity index (χ1n) is 5.60. The normalized spacial score (nSPS) is 19.4. The molecule has 0 N–H and O–H groups in total. The van der Waals surface area contributed by atoms with E-state index in [2.05, 4.69) is 0 Å². The number of hydrogen-bond acceptors (Lipinski definition) is 1. The summed E-state index contributed by atoms with van der Waals surface area (Å²) in [5.41, 5.74) is 0.684. The quantitative estimate of drug-likeness (QED) is 0.718. The van der Waals surface area contributed by atoms with Crippen LogP contribution in [0.15, 0.2) is 18.2 Å². The average molecular weight is 257 g/mol. The van der Waals surface area contributed by atoms with Crippen LogP contribution in [0.25, 0.3) is 0 Å². The zero-order valence-corrected chi connectivity index (χ0v) is 10.5. The van der Waals surface area contributed by atoms with Gasteiger partial charge in [0.25, 0.3) is 0 Å². The highest BCUT2D eigenvalue weighted by molar-refractivity contribution is 6.42. The van der Waals surface area contributed by atoms with Gasteiger partial charge in [-0.2, -0.15) is 0 Å². The second-order valence-corrected chi connectivity index (χ2v) is 5.28. The Labute approximate surface area is 106 Å². The molecule has 0 aliphatic heterocycles. The Balaban J connectivity index is 2.39. The molecule has 1 saturated carbocycles. The molecule has 3 heteroatoms. The zero-order valence-electron chi connectivity index (χ0n) is 9.01. The van der Waals surface area contributed by atoms with E-state index >= 15 is 0 Å². The predicted octanol–water partition coefficient (Wildman–Crippen LogP) is 4.39. The van der Waals surface area contributed by atoms with Gasteiger partial charge in [0.1, 0.15) is 6.29 Å². The number of aldehydes is 1. The Morgan fingerprint density at radius 3 is 2.31 bits per heavy atom. The highest BCUT2D eigenvalue weighted by Gasteiger charge is 2.33. The van der Waals surface area contributed by atoms with Gasteiger partial charge < -0.3 is 4.79 Å². The van der Waals surface area contributed by atoms with E-state index in [1.54, 1.807) is 6.07 Å². The van der Waals surface area contributed by atoms with Crippen LogP contribution >= 0.6 is 23.2 Å². The summed E-state index contributed by atoms with van der Waals surface area (Å²) in [6.07, 6.45) is 6.38. The number of hydrogen-bond donors (Lipinski definition) is 0. The molecule has 0 saturated heterocycles. The van der Waals surface area contributed by atoms with E-state index in [4.69, 9.17) is 23.2 Å². The maximum absolute atomic E-state index is 11.4. The molecule has 0 unspecified atom stereocenters. The lowest BCUT2D eigenvalue weighted by Gasteiger charge is -2.32. The van der Waals surface area contributed by atoms with Crippen molar-refractivity contribution in [3.63, 3.8) is 0 Å². The summed E-state index contributed by atoms with van der Waals surface area (Å²) in [6, 6.07) is 5.54. The minimum Gasteiger partial charge on any atom is -0.302 e. The molecule has 1 aliphatic rings. The molecule has 0 atom stereocenters. The summed E-state index contributed by atoms with van der Waals surface area (Å²) < 4.78 is 0. The van der Waals surface area contributed by atoms with Gasteiger partial charge in [-0.1, -0.05) is 48.5 Å². The minimum atomic E-state index is -0.327. The number of halogens is 2. The zero-order chi connectivity index (χ0) is 11.6. The fraction of sp³-hybridized carbons (Fsp3) is 0.462. The molecule has 16 heavy (non-hydrogen) atoms. The van der Waals surface area contributed by atoms with Gasteiger partial charge in [-0.15, -0.1) is 0 Å². The van der Waals surface area contributed by atoms with Gasteiger partial charge in [0.15, 0.2) is 0 Å². The molecule has 1 nitrogen and oxygen atoms in total. The van der Waals surface area contributed by atoms with Gasteiger partial charge in [-0.05, 0) is 30.5 Å². The lowest BCUT2D eigenvalue weighted by Crippen LogP contribution is -2.30. The smallest absolute Gasteiger partial charge is 0.130 e. The van der Waals surface area contributed by atoms with E-state index < -0.39 is 0 Å². The van der Waals surface area contributed by atoms with Crippen LogP contribution in [0.3, 0.4) is 0 Å². The Bertz CT molecular complexity index is 395. The minimum absolute atomic E-state index is 0.327. The molecular formula is C13H14Cl2O. The van der Waals surface area contributed by atoms with E-state index in [1.807, 2.05) is 12.1 Å². The van der Waals surface area contributed by atoms with Crippen molar-refractivity contribution in [1.29, 1.82) is 0 Å². The molecule has 1 fully saturated rings. The van der Waals surface area contributed by atoms with Crippen molar-refractivity contribution >= 4 is 29.5 Å². The van der Waals surface area contributed by atoms with Gasteiger partial charge in [-0.3, -0.25) is 0 Å². The third-order valence-corrected chi connectivity index (χ3v) is 4.20. The number of carbonyl (C=O) groups excluding carboxylic acids is 1. The van der Waals surface area contributed by atoms with Crippen molar-refractivity contribution in [2.24, 2.45) is 0 Å². The van der Waals surface area contributed by atoms with Crippen LogP contribution < -0.4 is 0 Å². The molecule has 1 aliphatic carbocycles. The fourth-order valence-corrected chi connectivity index (χ4v) is 2.76. The van der Waals surface area contributed by atoms with E-state index in [9.17, 15) is 4.79 Å². The SMILES string of the molecule is O=CC1(c2ccc(Cl)c(Cl)c2)CCCCC1. The summed E-state index contributed by atoms with van der Waals surface area (Å²) in [6.45, 7) is 0. The standard InChI is InChI=1S/C13H14Cl2O/c14-11-5-4-10(8-12(11)15)13(9-16)6-2-1-3-7-13/h4-5,8-9H,1-3,6-7H2. The summed E-state index contributed by atoms with van der Waals surface area (Å²) in [7, 11) is 0. The monoisotopic (exact) mass is 256 g/mol. The highest BCUT2D eigenvalue weighted by atomic mass is 35.5. The van der Waals surface area contributed by atoms with Crippen LogP contribution in [0.1, 0.15) is 37.7 Å². The number of benzene rings is 1. The van der Waals surface area contributed by atoms with Crippen molar-refractivity contribution in [3.05, 3.63) is 33.8 Å².